The van der Waals surface area contributed by atoms with E-state index in [1.807, 2.05) is 0 Å². The van der Waals surface area contributed by atoms with Crippen molar-refractivity contribution in [1.29, 1.82) is 0 Å². The molecule has 0 N–H and O–H groups in total. The van der Waals surface area contributed by atoms with Crippen molar-refractivity contribution in [3.63, 3.8) is 0 Å². The summed E-state index contributed by atoms with van der Waals surface area (Å²) in [7, 11) is 1.48. The van der Waals surface area contributed by atoms with Crippen molar-refractivity contribution in [3.05, 3.63) is 70.7 Å². The predicted octanol–water partition coefficient (Wildman–Crippen LogP) is 5.21. The summed E-state index contributed by atoms with van der Waals surface area (Å²) in [4.78, 5) is 29.7. The highest BCUT2D eigenvalue weighted by molar-refractivity contribution is 7.14. The Labute approximate surface area is 179 Å². The zero-order valence-corrected chi connectivity index (χ0v) is 17.3. The van der Waals surface area contributed by atoms with Crippen LogP contribution in [0.3, 0.4) is 0 Å². The number of carbonyl (C=O) groups is 2. The average Bonchev–Trinajstić information content (AvgIpc) is 3.20. The molecule has 0 bridgehead atoms. The van der Waals surface area contributed by atoms with Gasteiger partial charge in [0.2, 0.25) is 5.91 Å². The van der Waals surface area contributed by atoms with Crippen LogP contribution in [0.15, 0.2) is 53.9 Å². The Morgan fingerprint density at radius 3 is 2.55 bits per heavy atom. The van der Waals surface area contributed by atoms with Crippen molar-refractivity contribution >= 4 is 34.0 Å². The summed E-state index contributed by atoms with van der Waals surface area (Å²) in [5.74, 6) is -0.591. The number of anilines is 2. The minimum atomic E-state index is -4.54. The molecule has 10 heteroatoms. The van der Waals surface area contributed by atoms with Gasteiger partial charge >= 0.3 is 12.1 Å². The van der Waals surface area contributed by atoms with Gasteiger partial charge in [-0.05, 0) is 36.4 Å². The second-order valence-electron chi connectivity index (χ2n) is 6.33. The number of benzene rings is 2. The van der Waals surface area contributed by atoms with Gasteiger partial charge in [0.25, 0.3) is 0 Å². The topological polar surface area (TPSA) is 68.7 Å². The minimum absolute atomic E-state index is 0.0385. The monoisotopic (exact) mass is 450 g/mol. The smallest absolute Gasteiger partial charge is 0.416 e. The van der Waals surface area contributed by atoms with Gasteiger partial charge in [-0.15, -0.1) is 11.3 Å². The molecule has 0 aliphatic carbocycles. The Kier molecular flexibility index (Phi) is 6.59. The summed E-state index contributed by atoms with van der Waals surface area (Å²) in [6.45, 7) is 1.06. The van der Waals surface area contributed by atoms with E-state index < -0.39 is 23.6 Å². The summed E-state index contributed by atoms with van der Waals surface area (Å²) >= 11 is 1.05. The van der Waals surface area contributed by atoms with Crippen molar-refractivity contribution in [2.45, 2.75) is 19.7 Å². The Morgan fingerprint density at radius 1 is 1.13 bits per heavy atom. The molecule has 0 fully saturated rings. The van der Waals surface area contributed by atoms with Crippen LogP contribution in [-0.4, -0.2) is 24.0 Å². The highest BCUT2D eigenvalue weighted by Crippen LogP contribution is 2.35. The molecule has 0 spiro atoms. The largest absolute Gasteiger partial charge is 0.497 e. The van der Waals surface area contributed by atoms with E-state index in [0.29, 0.717) is 17.0 Å². The van der Waals surface area contributed by atoms with Crippen molar-refractivity contribution < 1.29 is 32.2 Å². The molecule has 162 valence electrons. The van der Waals surface area contributed by atoms with E-state index in [1.54, 1.807) is 23.6 Å². The Balaban J connectivity index is 1.76. The normalized spacial score (nSPS) is 11.1. The summed E-state index contributed by atoms with van der Waals surface area (Å²) < 4.78 is 49.4. The number of methoxy groups -OCH3 is 1. The van der Waals surface area contributed by atoms with Gasteiger partial charge in [0, 0.05) is 12.3 Å². The molecular weight excluding hydrogens is 433 g/mol. The lowest BCUT2D eigenvalue weighted by Gasteiger charge is -2.19. The van der Waals surface area contributed by atoms with E-state index in [9.17, 15) is 22.8 Å². The first-order valence-corrected chi connectivity index (χ1v) is 9.80. The molecule has 0 radical (unpaired) electrons. The predicted molar refractivity (Wildman–Crippen MR) is 108 cm³/mol. The molecule has 1 aromatic heterocycles. The first kappa shape index (κ1) is 22.3. The van der Waals surface area contributed by atoms with Crippen LogP contribution in [0.5, 0.6) is 5.75 Å². The van der Waals surface area contributed by atoms with E-state index >= 15 is 0 Å². The summed E-state index contributed by atoms with van der Waals surface area (Å²) in [5.41, 5.74) is -0.185. The maximum atomic E-state index is 13.0. The van der Waals surface area contributed by atoms with Gasteiger partial charge < -0.3 is 9.47 Å². The number of hydrogen-bond donors (Lipinski definition) is 0. The Hall–Kier alpha value is -3.40. The number of alkyl halides is 3. The van der Waals surface area contributed by atoms with Crippen LogP contribution in [0.4, 0.5) is 24.0 Å². The molecule has 1 amide bonds. The lowest BCUT2D eigenvalue weighted by atomic mass is 10.2. The van der Waals surface area contributed by atoms with E-state index in [2.05, 4.69) is 4.98 Å². The molecule has 6 nitrogen and oxygen atoms in total. The fraction of sp³-hybridized carbons (Fsp3) is 0.190. The quantitative estimate of drug-likeness (QED) is 0.482. The lowest BCUT2D eigenvalue weighted by molar-refractivity contribution is -0.137. The number of carbonyl (C=O) groups excluding carboxylic acids is 2. The van der Waals surface area contributed by atoms with Gasteiger partial charge in [0.05, 0.1) is 29.6 Å². The third-order valence-corrected chi connectivity index (χ3v) is 5.01. The van der Waals surface area contributed by atoms with Gasteiger partial charge in [-0.1, -0.05) is 12.1 Å². The van der Waals surface area contributed by atoms with Crippen molar-refractivity contribution in [3.8, 4) is 5.75 Å². The SMILES string of the molecule is COc1cccc(C(=O)OCc2csc(N(C(C)=O)c3cccc(C(F)(F)F)c3)n2)c1. The minimum Gasteiger partial charge on any atom is -0.497 e. The number of amides is 1. The Morgan fingerprint density at radius 2 is 1.87 bits per heavy atom. The molecule has 31 heavy (non-hydrogen) atoms. The maximum absolute atomic E-state index is 13.0. The second-order valence-corrected chi connectivity index (χ2v) is 7.17. The van der Waals surface area contributed by atoms with Crippen LogP contribution < -0.4 is 9.64 Å². The van der Waals surface area contributed by atoms with Crippen LogP contribution in [0.1, 0.15) is 28.5 Å². The molecule has 0 atom stereocenters. The van der Waals surface area contributed by atoms with Crippen LogP contribution in [-0.2, 0) is 22.3 Å². The molecule has 0 unspecified atom stereocenters. The lowest BCUT2D eigenvalue weighted by Crippen LogP contribution is -2.23. The van der Waals surface area contributed by atoms with Gasteiger partial charge in [-0.3, -0.25) is 9.69 Å². The van der Waals surface area contributed by atoms with Crippen molar-refractivity contribution in [1.82, 2.24) is 4.98 Å². The number of ether oxygens (including phenoxy) is 2. The molecule has 2 aromatic carbocycles. The molecule has 1 heterocycles. The number of thiazole rings is 1. The van der Waals surface area contributed by atoms with Crippen LogP contribution in [0.25, 0.3) is 0 Å². The zero-order valence-electron chi connectivity index (χ0n) is 16.5. The standard InChI is InChI=1S/C21H17F3N2O4S/c1-13(27)26(17-7-4-6-15(10-17)21(22,23)24)20-25-16(12-31-20)11-30-19(28)14-5-3-8-18(9-14)29-2/h3-10,12H,11H2,1-2H3. The van der Waals surface area contributed by atoms with E-state index in [0.717, 1.165) is 28.4 Å². The fourth-order valence-electron chi connectivity index (χ4n) is 2.69. The van der Waals surface area contributed by atoms with Crippen molar-refractivity contribution in [2.24, 2.45) is 0 Å². The van der Waals surface area contributed by atoms with E-state index in [4.69, 9.17) is 9.47 Å². The first-order chi connectivity index (χ1) is 14.7. The molecule has 0 saturated heterocycles. The summed E-state index contributed by atoms with van der Waals surface area (Å²) in [6, 6.07) is 10.9. The molecule has 0 aliphatic rings. The molecule has 3 rings (SSSR count). The number of aromatic nitrogens is 1. The summed E-state index contributed by atoms with van der Waals surface area (Å²) in [5, 5.41) is 1.73. The molecule has 0 saturated carbocycles. The zero-order chi connectivity index (χ0) is 22.6. The fourth-order valence-corrected chi connectivity index (χ4v) is 3.56. The maximum Gasteiger partial charge on any atom is 0.416 e. The van der Waals surface area contributed by atoms with E-state index in [1.165, 1.54) is 32.2 Å². The molecular formula is C21H17F3N2O4S. The highest BCUT2D eigenvalue weighted by Gasteiger charge is 2.31. The van der Waals surface area contributed by atoms with E-state index in [-0.39, 0.29) is 17.4 Å². The van der Waals surface area contributed by atoms with Gasteiger partial charge in [0.15, 0.2) is 5.13 Å². The first-order valence-electron chi connectivity index (χ1n) is 8.92. The van der Waals surface area contributed by atoms with Crippen LogP contribution >= 0.6 is 11.3 Å². The third kappa shape index (κ3) is 5.40. The van der Waals surface area contributed by atoms with Gasteiger partial charge in [-0.2, -0.15) is 13.2 Å². The van der Waals surface area contributed by atoms with Gasteiger partial charge in [0.1, 0.15) is 12.4 Å². The highest BCUT2D eigenvalue weighted by atomic mass is 32.1. The Bertz CT molecular complexity index is 1100. The third-order valence-electron chi connectivity index (χ3n) is 4.13. The average molecular weight is 450 g/mol. The number of hydrogen-bond acceptors (Lipinski definition) is 6. The summed E-state index contributed by atoms with van der Waals surface area (Å²) in [6.07, 6.45) is -4.54. The van der Waals surface area contributed by atoms with Gasteiger partial charge in [-0.25, -0.2) is 9.78 Å². The number of esters is 1. The van der Waals surface area contributed by atoms with Crippen LogP contribution in [0.2, 0.25) is 0 Å². The molecule has 3 aromatic rings. The number of rotatable bonds is 6. The van der Waals surface area contributed by atoms with Crippen molar-refractivity contribution in [2.75, 3.05) is 12.0 Å². The second kappa shape index (κ2) is 9.17. The van der Waals surface area contributed by atoms with Crippen LogP contribution in [0, 0.1) is 0 Å². The number of nitrogens with zero attached hydrogens (tertiary/aromatic N) is 2. The number of halogens is 3. The molecule has 0 aliphatic heterocycles.